The topological polar surface area (TPSA) is 55.0 Å². The Labute approximate surface area is 112 Å². The molecule has 0 unspecified atom stereocenters. The predicted molar refractivity (Wildman–Crippen MR) is 73.2 cm³/mol. The lowest BCUT2D eigenvalue weighted by atomic mass is 10.2. The second-order valence-corrected chi connectivity index (χ2v) is 4.44. The number of nitrogens with two attached hydrogens (primary N) is 1. The lowest BCUT2D eigenvalue weighted by Crippen LogP contribution is -2.21. The number of aryl methyl sites for hydroxylation is 1. The summed E-state index contributed by atoms with van der Waals surface area (Å²) in [5, 5.41) is 0. The number of anilines is 1. The molecule has 2 N–H and O–H groups in total. The molecule has 2 aromatic heterocycles. The number of hydrogen-bond acceptors (Lipinski definition) is 4. The van der Waals surface area contributed by atoms with E-state index < -0.39 is 0 Å². The summed E-state index contributed by atoms with van der Waals surface area (Å²) in [4.78, 5) is 10.2. The molecule has 2 rings (SSSR count). The van der Waals surface area contributed by atoms with Crippen molar-refractivity contribution in [2.24, 2.45) is 5.73 Å². The lowest BCUT2D eigenvalue weighted by Gasteiger charge is -2.19. The Balaban J connectivity index is 2.23. The Morgan fingerprint density at radius 1 is 1.32 bits per heavy atom. The zero-order valence-corrected chi connectivity index (χ0v) is 11.1. The van der Waals surface area contributed by atoms with E-state index in [1.165, 1.54) is 0 Å². The van der Waals surface area contributed by atoms with Crippen molar-refractivity contribution in [1.29, 1.82) is 0 Å². The van der Waals surface area contributed by atoms with Crippen LogP contribution in [-0.2, 0) is 13.1 Å². The molecule has 0 spiro atoms. The van der Waals surface area contributed by atoms with E-state index >= 15 is 0 Å². The molecule has 4 nitrogen and oxygen atoms in total. The van der Waals surface area contributed by atoms with Gasteiger partial charge in [0, 0.05) is 31.0 Å². The lowest BCUT2D eigenvalue weighted by molar-refractivity contribution is 0.597. The molecule has 0 saturated carbocycles. The first kappa shape index (κ1) is 13.4. The van der Waals surface area contributed by atoms with Gasteiger partial charge < -0.3 is 10.6 Å². The normalized spacial score (nSPS) is 10.5. The first-order chi connectivity index (χ1) is 9.11. The van der Waals surface area contributed by atoms with Gasteiger partial charge in [0.1, 0.15) is 0 Å². The Bertz CT molecular complexity index is 571. The van der Waals surface area contributed by atoms with E-state index in [2.05, 4.69) is 9.97 Å². The first-order valence-corrected chi connectivity index (χ1v) is 6.09. The molecule has 2 aromatic rings. The van der Waals surface area contributed by atoms with Gasteiger partial charge in [0.25, 0.3) is 0 Å². The van der Waals surface area contributed by atoms with Gasteiger partial charge in [-0.1, -0.05) is 6.07 Å². The highest BCUT2D eigenvalue weighted by Gasteiger charge is 2.13. The van der Waals surface area contributed by atoms with Crippen molar-refractivity contribution in [2.75, 3.05) is 11.9 Å². The number of halogens is 1. The summed E-state index contributed by atoms with van der Waals surface area (Å²) in [6, 6.07) is 7.37. The van der Waals surface area contributed by atoms with Crippen LogP contribution in [0.3, 0.4) is 0 Å². The minimum Gasteiger partial charge on any atom is -0.351 e. The molecule has 0 aliphatic rings. The van der Waals surface area contributed by atoms with Gasteiger partial charge >= 0.3 is 0 Å². The molecule has 0 aliphatic carbocycles. The van der Waals surface area contributed by atoms with Crippen LogP contribution in [0.1, 0.15) is 17.0 Å². The van der Waals surface area contributed by atoms with E-state index in [0.717, 1.165) is 11.4 Å². The monoisotopic (exact) mass is 260 g/mol. The molecule has 100 valence electrons. The van der Waals surface area contributed by atoms with Gasteiger partial charge in [0.05, 0.1) is 12.2 Å². The number of pyridine rings is 2. The van der Waals surface area contributed by atoms with E-state index in [4.69, 9.17) is 5.73 Å². The van der Waals surface area contributed by atoms with Crippen LogP contribution in [0.2, 0.25) is 0 Å². The zero-order chi connectivity index (χ0) is 13.8. The highest BCUT2D eigenvalue weighted by molar-refractivity contribution is 5.42. The summed E-state index contributed by atoms with van der Waals surface area (Å²) >= 11 is 0. The highest BCUT2D eigenvalue weighted by atomic mass is 19.1. The molecular formula is C14H17FN4. The summed E-state index contributed by atoms with van der Waals surface area (Å²) in [6.07, 6.45) is 1.57. The van der Waals surface area contributed by atoms with Crippen molar-refractivity contribution in [1.82, 2.24) is 9.97 Å². The predicted octanol–water partition coefficient (Wildman–Crippen LogP) is 2.02. The molecule has 2 heterocycles. The largest absolute Gasteiger partial charge is 0.351 e. The van der Waals surface area contributed by atoms with E-state index in [-0.39, 0.29) is 12.4 Å². The van der Waals surface area contributed by atoms with Crippen LogP contribution in [-0.4, -0.2) is 17.0 Å². The van der Waals surface area contributed by atoms with Gasteiger partial charge in [-0.15, -0.1) is 0 Å². The van der Waals surface area contributed by atoms with Crippen LogP contribution in [0.25, 0.3) is 0 Å². The van der Waals surface area contributed by atoms with E-state index in [0.29, 0.717) is 17.9 Å². The molecule has 0 aliphatic heterocycles. The summed E-state index contributed by atoms with van der Waals surface area (Å²) in [5.74, 6) is -0.0635. The maximum Gasteiger partial charge on any atom is 0.170 e. The SMILES string of the molecule is Cc1cccc(CN(C)c2nccc(CN)c2F)n1. The van der Waals surface area contributed by atoms with Gasteiger partial charge in [-0.3, -0.25) is 4.98 Å². The van der Waals surface area contributed by atoms with Gasteiger partial charge in [-0.05, 0) is 25.1 Å². The van der Waals surface area contributed by atoms with Crippen LogP contribution in [0.4, 0.5) is 10.2 Å². The fraction of sp³-hybridized carbons (Fsp3) is 0.286. The standard InChI is InChI=1S/C14H17FN4/c1-10-4-3-5-12(18-10)9-19(2)14-13(15)11(8-16)6-7-17-14/h3-7H,8-9,16H2,1-2H3. The second kappa shape index (κ2) is 5.75. The van der Waals surface area contributed by atoms with Crippen LogP contribution < -0.4 is 10.6 Å². The molecule has 0 fully saturated rings. The van der Waals surface area contributed by atoms with Crippen LogP contribution in [0.5, 0.6) is 0 Å². The molecule has 0 bridgehead atoms. The fourth-order valence-corrected chi connectivity index (χ4v) is 1.90. The van der Waals surface area contributed by atoms with Crippen molar-refractivity contribution >= 4 is 5.82 Å². The Morgan fingerprint density at radius 2 is 2.11 bits per heavy atom. The smallest absolute Gasteiger partial charge is 0.170 e. The molecule has 5 heteroatoms. The van der Waals surface area contributed by atoms with Crippen LogP contribution in [0.15, 0.2) is 30.5 Å². The number of hydrogen-bond donors (Lipinski definition) is 1. The minimum atomic E-state index is -0.361. The van der Waals surface area contributed by atoms with Gasteiger partial charge in [-0.25, -0.2) is 9.37 Å². The minimum absolute atomic E-state index is 0.165. The van der Waals surface area contributed by atoms with Crippen molar-refractivity contribution < 1.29 is 4.39 Å². The van der Waals surface area contributed by atoms with Crippen molar-refractivity contribution in [2.45, 2.75) is 20.0 Å². The van der Waals surface area contributed by atoms with E-state index in [9.17, 15) is 4.39 Å². The van der Waals surface area contributed by atoms with Gasteiger partial charge in [0.15, 0.2) is 11.6 Å². The Kier molecular flexibility index (Phi) is 4.06. The highest BCUT2D eigenvalue weighted by Crippen LogP contribution is 2.19. The van der Waals surface area contributed by atoms with Gasteiger partial charge in [0.2, 0.25) is 0 Å². The summed E-state index contributed by atoms with van der Waals surface area (Å²) in [6.45, 7) is 2.59. The number of rotatable bonds is 4. The second-order valence-electron chi connectivity index (χ2n) is 4.44. The molecule has 0 aromatic carbocycles. The quantitative estimate of drug-likeness (QED) is 0.913. The number of aromatic nitrogens is 2. The molecule has 0 atom stereocenters. The Hall–Kier alpha value is -2.01. The van der Waals surface area contributed by atoms with Crippen LogP contribution >= 0.6 is 0 Å². The third kappa shape index (κ3) is 3.06. The van der Waals surface area contributed by atoms with E-state index in [1.54, 1.807) is 24.2 Å². The maximum atomic E-state index is 14.1. The third-order valence-electron chi connectivity index (χ3n) is 2.88. The molecule has 0 amide bonds. The van der Waals surface area contributed by atoms with Gasteiger partial charge in [-0.2, -0.15) is 0 Å². The summed E-state index contributed by atoms with van der Waals surface area (Å²) in [7, 11) is 1.79. The van der Waals surface area contributed by atoms with Crippen molar-refractivity contribution in [3.8, 4) is 0 Å². The average Bonchev–Trinajstić information content (AvgIpc) is 2.39. The maximum absolute atomic E-state index is 14.1. The third-order valence-corrected chi connectivity index (χ3v) is 2.88. The fourth-order valence-electron chi connectivity index (χ4n) is 1.90. The molecule has 0 radical (unpaired) electrons. The van der Waals surface area contributed by atoms with Crippen LogP contribution in [0, 0.1) is 12.7 Å². The van der Waals surface area contributed by atoms with Crippen molar-refractivity contribution in [3.05, 3.63) is 53.2 Å². The average molecular weight is 260 g/mol. The Morgan fingerprint density at radius 3 is 2.79 bits per heavy atom. The van der Waals surface area contributed by atoms with E-state index in [1.807, 2.05) is 25.1 Å². The zero-order valence-electron chi connectivity index (χ0n) is 11.1. The van der Waals surface area contributed by atoms with Crippen molar-refractivity contribution in [3.63, 3.8) is 0 Å². The molecule has 19 heavy (non-hydrogen) atoms. The number of nitrogens with zero attached hydrogens (tertiary/aromatic N) is 3. The molecule has 0 saturated heterocycles. The first-order valence-electron chi connectivity index (χ1n) is 6.09. The summed E-state index contributed by atoms with van der Waals surface area (Å²) in [5.41, 5.74) is 7.78. The molecular weight excluding hydrogens is 243 g/mol. The summed E-state index contributed by atoms with van der Waals surface area (Å²) < 4.78 is 14.1.